The molecule has 2 nitrogen and oxygen atoms in total. The van der Waals surface area contributed by atoms with E-state index in [9.17, 15) is 4.39 Å². The zero-order chi connectivity index (χ0) is 13.7. The SMILES string of the molecule is N#CC(NCc1ccc(F)cc1)c1ccc(Cl)cc1. The molecule has 96 valence electrons. The predicted molar refractivity (Wildman–Crippen MR) is 73.0 cm³/mol. The van der Waals surface area contributed by atoms with Gasteiger partial charge in [0.25, 0.3) is 0 Å². The van der Waals surface area contributed by atoms with Crippen LogP contribution in [-0.2, 0) is 6.54 Å². The van der Waals surface area contributed by atoms with Gasteiger partial charge in [-0.2, -0.15) is 5.26 Å². The van der Waals surface area contributed by atoms with E-state index in [0.29, 0.717) is 11.6 Å². The number of halogens is 2. The molecule has 0 spiro atoms. The van der Waals surface area contributed by atoms with Crippen molar-refractivity contribution in [1.29, 1.82) is 5.26 Å². The molecular formula is C15H12ClFN2. The van der Waals surface area contributed by atoms with E-state index < -0.39 is 6.04 Å². The zero-order valence-electron chi connectivity index (χ0n) is 10.1. The molecule has 19 heavy (non-hydrogen) atoms. The van der Waals surface area contributed by atoms with E-state index >= 15 is 0 Å². The minimum atomic E-state index is -0.415. The summed E-state index contributed by atoms with van der Waals surface area (Å²) in [6.07, 6.45) is 0. The van der Waals surface area contributed by atoms with Crippen LogP contribution in [0.25, 0.3) is 0 Å². The van der Waals surface area contributed by atoms with Crippen molar-refractivity contribution in [3.8, 4) is 6.07 Å². The van der Waals surface area contributed by atoms with Gasteiger partial charge in [-0.15, -0.1) is 0 Å². The first-order valence-electron chi connectivity index (χ1n) is 5.82. The maximum atomic E-state index is 12.8. The van der Waals surface area contributed by atoms with Gasteiger partial charge in [-0.1, -0.05) is 35.9 Å². The van der Waals surface area contributed by atoms with Crippen molar-refractivity contribution in [2.75, 3.05) is 0 Å². The Morgan fingerprint density at radius 1 is 1.11 bits per heavy atom. The van der Waals surface area contributed by atoms with Crippen LogP contribution in [0.5, 0.6) is 0 Å². The van der Waals surface area contributed by atoms with Gasteiger partial charge in [0.15, 0.2) is 0 Å². The molecule has 0 aliphatic carbocycles. The third-order valence-electron chi connectivity index (χ3n) is 2.76. The Balaban J connectivity index is 2.02. The third kappa shape index (κ3) is 3.78. The summed E-state index contributed by atoms with van der Waals surface area (Å²) in [4.78, 5) is 0. The van der Waals surface area contributed by atoms with Crippen molar-refractivity contribution in [2.45, 2.75) is 12.6 Å². The van der Waals surface area contributed by atoms with Gasteiger partial charge in [-0.25, -0.2) is 4.39 Å². The van der Waals surface area contributed by atoms with E-state index in [1.54, 1.807) is 24.3 Å². The molecule has 2 aromatic carbocycles. The lowest BCUT2D eigenvalue weighted by atomic mass is 10.1. The van der Waals surface area contributed by atoms with Crippen molar-refractivity contribution < 1.29 is 4.39 Å². The van der Waals surface area contributed by atoms with E-state index in [-0.39, 0.29) is 5.82 Å². The van der Waals surface area contributed by atoms with Crippen molar-refractivity contribution in [1.82, 2.24) is 5.32 Å². The molecular weight excluding hydrogens is 263 g/mol. The molecule has 0 heterocycles. The molecule has 4 heteroatoms. The maximum Gasteiger partial charge on any atom is 0.123 e. The highest BCUT2D eigenvalue weighted by Gasteiger charge is 2.09. The van der Waals surface area contributed by atoms with Crippen LogP contribution in [0.3, 0.4) is 0 Å². The molecule has 0 fully saturated rings. The zero-order valence-corrected chi connectivity index (χ0v) is 10.9. The molecule has 1 N–H and O–H groups in total. The Morgan fingerprint density at radius 3 is 2.32 bits per heavy atom. The highest BCUT2D eigenvalue weighted by molar-refractivity contribution is 6.30. The van der Waals surface area contributed by atoms with Crippen LogP contribution < -0.4 is 5.32 Å². The Hall–Kier alpha value is -1.89. The van der Waals surface area contributed by atoms with Crippen molar-refractivity contribution >= 4 is 11.6 Å². The average Bonchev–Trinajstić information content (AvgIpc) is 2.43. The summed E-state index contributed by atoms with van der Waals surface area (Å²) < 4.78 is 12.8. The van der Waals surface area contributed by atoms with E-state index in [0.717, 1.165) is 11.1 Å². The number of nitriles is 1. The number of rotatable bonds is 4. The summed E-state index contributed by atoms with van der Waals surface area (Å²) in [5, 5.41) is 12.9. The second-order valence-electron chi connectivity index (χ2n) is 4.12. The molecule has 1 atom stereocenters. The summed E-state index contributed by atoms with van der Waals surface area (Å²) in [5.74, 6) is -0.265. The van der Waals surface area contributed by atoms with Gasteiger partial charge >= 0.3 is 0 Å². The van der Waals surface area contributed by atoms with Crippen LogP contribution in [0.4, 0.5) is 4.39 Å². The van der Waals surface area contributed by atoms with Gasteiger partial charge < -0.3 is 0 Å². The van der Waals surface area contributed by atoms with Crippen LogP contribution in [0.15, 0.2) is 48.5 Å². The molecule has 2 aromatic rings. The summed E-state index contributed by atoms with van der Waals surface area (Å²) in [7, 11) is 0. The number of nitrogens with one attached hydrogen (secondary N) is 1. The predicted octanol–water partition coefficient (Wildman–Crippen LogP) is 3.83. The fourth-order valence-corrected chi connectivity index (χ4v) is 1.84. The van der Waals surface area contributed by atoms with Crippen molar-refractivity contribution in [3.63, 3.8) is 0 Å². The van der Waals surface area contributed by atoms with Gasteiger partial charge in [0.2, 0.25) is 0 Å². The minimum Gasteiger partial charge on any atom is -0.294 e. The van der Waals surface area contributed by atoms with Crippen molar-refractivity contribution in [3.05, 3.63) is 70.5 Å². The van der Waals surface area contributed by atoms with E-state index in [4.69, 9.17) is 16.9 Å². The molecule has 0 amide bonds. The lowest BCUT2D eigenvalue weighted by molar-refractivity contribution is 0.616. The second-order valence-corrected chi connectivity index (χ2v) is 4.56. The molecule has 2 rings (SSSR count). The monoisotopic (exact) mass is 274 g/mol. The Labute approximate surface area is 116 Å². The van der Waals surface area contributed by atoms with Gasteiger partial charge in [0, 0.05) is 11.6 Å². The Bertz CT molecular complexity index is 573. The number of nitrogens with zero attached hydrogens (tertiary/aromatic N) is 1. The lowest BCUT2D eigenvalue weighted by Gasteiger charge is -2.12. The highest BCUT2D eigenvalue weighted by Crippen LogP contribution is 2.16. The number of hydrogen-bond acceptors (Lipinski definition) is 2. The average molecular weight is 275 g/mol. The van der Waals surface area contributed by atoms with Gasteiger partial charge in [-0.05, 0) is 35.4 Å². The molecule has 0 aliphatic rings. The smallest absolute Gasteiger partial charge is 0.123 e. The molecule has 0 radical (unpaired) electrons. The Kier molecular flexibility index (Phi) is 4.51. The van der Waals surface area contributed by atoms with Gasteiger partial charge in [0.05, 0.1) is 6.07 Å². The maximum absolute atomic E-state index is 12.8. The minimum absolute atomic E-state index is 0.265. The number of hydrogen-bond donors (Lipinski definition) is 1. The largest absolute Gasteiger partial charge is 0.294 e. The highest BCUT2D eigenvalue weighted by atomic mass is 35.5. The fraction of sp³-hybridized carbons (Fsp3) is 0.133. The van der Waals surface area contributed by atoms with Crippen LogP contribution in [0.1, 0.15) is 17.2 Å². The normalized spacial score (nSPS) is 11.8. The first-order chi connectivity index (χ1) is 9.19. The summed E-state index contributed by atoms with van der Waals surface area (Å²) >= 11 is 5.81. The van der Waals surface area contributed by atoms with Crippen LogP contribution in [0.2, 0.25) is 5.02 Å². The molecule has 0 bridgehead atoms. The van der Waals surface area contributed by atoms with Crippen molar-refractivity contribution in [2.24, 2.45) is 0 Å². The molecule has 0 aromatic heterocycles. The molecule has 0 saturated carbocycles. The molecule has 1 unspecified atom stereocenters. The first kappa shape index (κ1) is 13.5. The molecule has 0 saturated heterocycles. The van der Waals surface area contributed by atoms with E-state index in [1.807, 2.05) is 12.1 Å². The standard InChI is InChI=1S/C15H12ClFN2/c16-13-5-3-12(4-6-13)15(9-18)19-10-11-1-7-14(17)8-2-11/h1-8,15,19H,10H2. The lowest BCUT2D eigenvalue weighted by Crippen LogP contribution is -2.19. The topological polar surface area (TPSA) is 35.8 Å². The van der Waals surface area contributed by atoms with Crippen LogP contribution >= 0.6 is 11.6 Å². The van der Waals surface area contributed by atoms with E-state index in [2.05, 4.69) is 11.4 Å². The van der Waals surface area contributed by atoms with Gasteiger partial charge in [0.1, 0.15) is 11.9 Å². The second kappa shape index (κ2) is 6.33. The van der Waals surface area contributed by atoms with E-state index in [1.165, 1.54) is 12.1 Å². The summed E-state index contributed by atoms with van der Waals surface area (Å²) in [6, 6.07) is 15.1. The van der Waals surface area contributed by atoms with Gasteiger partial charge in [-0.3, -0.25) is 5.32 Å². The quantitative estimate of drug-likeness (QED) is 0.920. The summed E-state index contributed by atoms with van der Waals surface area (Å²) in [6.45, 7) is 0.501. The van der Waals surface area contributed by atoms with Crippen LogP contribution in [-0.4, -0.2) is 0 Å². The Morgan fingerprint density at radius 2 is 1.74 bits per heavy atom. The number of benzene rings is 2. The first-order valence-corrected chi connectivity index (χ1v) is 6.20. The summed E-state index contributed by atoms with van der Waals surface area (Å²) in [5.41, 5.74) is 1.78. The third-order valence-corrected chi connectivity index (χ3v) is 3.01. The molecule has 0 aliphatic heterocycles. The fourth-order valence-electron chi connectivity index (χ4n) is 1.72. The van der Waals surface area contributed by atoms with Crippen LogP contribution in [0, 0.1) is 17.1 Å².